The molecular formula is C18H26N4O2. The first-order valence-electron chi connectivity index (χ1n) is 8.66. The molecule has 24 heavy (non-hydrogen) atoms. The lowest BCUT2D eigenvalue weighted by molar-refractivity contribution is 0.0652. The Labute approximate surface area is 143 Å². The molecule has 0 fully saturated rings. The first-order valence-corrected chi connectivity index (χ1v) is 8.66. The summed E-state index contributed by atoms with van der Waals surface area (Å²) in [6.07, 6.45) is 2.64. The van der Waals surface area contributed by atoms with E-state index in [1.165, 1.54) is 4.90 Å². The van der Waals surface area contributed by atoms with E-state index >= 15 is 0 Å². The smallest absolute Gasteiger partial charge is 0.261 e. The number of carbonyl (C=O) groups excluding carboxylic acids is 2. The van der Waals surface area contributed by atoms with Gasteiger partial charge in [0.25, 0.3) is 11.8 Å². The van der Waals surface area contributed by atoms with Gasteiger partial charge in [0.2, 0.25) is 0 Å². The number of benzene rings is 1. The molecule has 6 heteroatoms. The molecule has 2 rings (SSSR count). The van der Waals surface area contributed by atoms with Crippen LogP contribution in [0.4, 0.5) is 0 Å². The second-order valence-corrected chi connectivity index (χ2v) is 5.70. The van der Waals surface area contributed by atoms with E-state index in [2.05, 4.69) is 22.5 Å². The maximum atomic E-state index is 12.2. The van der Waals surface area contributed by atoms with E-state index in [4.69, 9.17) is 0 Å². The van der Waals surface area contributed by atoms with Crippen molar-refractivity contribution in [1.29, 1.82) is 0 Å². The number of nitrogens with zero attached hydrogens (tertiary/aromatic N) is 2. The van der Waals surface area contributed by atoms with Gasteiger partial charge in [0.15, 0.2) is 5.96 Å². The third-order valence-electron chi connectivity index (χ3n) is 3.82. The average molecular weight is 330 g/mol. The summed E-state index contributed by atoms with van der Waals surface area (Å²) < 4.78 is 0. The normalized spacial score (nSPS) is 14.1. The van der Waals surface area contributed by atoms with Crippen LogP contribution < -0.4 is 10.6 Å². The minimum Gasteiger partial charge on any atom is -0.357 e. The molecule has 0 saturated heterocycles. The van der Waals surface area contributed by atoms with Crippen molar-refractivity contribution in [3.05, 3.63) is 35.4 Å². The Morgan fingerprint density at radius 3 is 2.29 bits per heavy atom. The van der Waals surface area contributed by atoms with Gasteiger partial charge in [0.1, 0.15) is 0 Å². The third kappa shape index (κ3) is 4.34. The van der Waals surface area contributed by atoms with Crippen molar-refractivity contribution in [2.24, 2.45) is 4.99 Å². The van der Waals surface area contributed by atoms with Gasteiger partial charge in [0, 0.05) is 26.2 Å². The molecule has 0 spiro atoms. The summed E-state index contributed by atoms with van der Waals surface area (Å²) in [6, 6.07) is 7.00. The molecule has 0 atom stereocenters. The molecule has 0 radical (unpaired) electrons. The van der Waals surface area contributed by atoms with Crippen molar-refractivity contribution < 1.29 is 9.59 Å². The summed E-state index contributed by atoms with van der Waals surface area (Å²) in [5.41, 5.74) is 1.03. The van der Waals surface area contributed by atoms with Gasteiger partial charge in [-0.3, -0.25) is 19.5 Å². The number of imide groups is 1. The lowest BCUT2D eigenvalue weighted by Gasteiger charge is -2.14. The van der Waals surface area contributed by atoms with E-state index in [0.717, 1.165) is 44.9 Å². The van der Waals surface area contributed by atoms with Gasteiger partial charge in [-0.25, -0.2) is 0 Å². The molecule has 1 aliphatic heterocycles. The quantitative estimate of drug-likeness (QED) is 0.331. The molecule has 1 aromatic rings. The van der Waals surface area contributed by atoms with Crippen molar-refractivity contribution in [3.8, 4) is 0 Å². The maximum absolute atomic E-state index is 12.2. The summed E-state index contributed by atoms with van der Waals surface area (Å²) in [5.74, 6) is 0.461. The van der Waals surface area contributed by atoms with Crippen LogP contribution >= 0.6 is 0 Å². The van der Waals surface area contributed by atoms with E-state index < -0.39 is 0 Å². The molecule has 2 amide bonds. The van der Waals surface area contributed by atoms with E-state index in [1.54, 1.807) is 24.3 Å². The summed E-state index contributed by atoms with van der Waals surface area (Å²) >= 11 is 0. The Morgan fingerprint density at radius 1 is 1.04 bits per heavy atom. The summed E-state index contributed by atoms with van der Waals surface area (Å²) in [6.45, 7) is 6.96. The highest BCUT2D eigenvalue weighted by atomic mass is 16.2. The highest BCUT2D eigenvalue weighted by Gasteiger charge is 2.34. The number of hydrogen-bond acceptors (Lipinski definition) is 3. The largest absolute Gasteiger partial charge is 0.357 e. The molecule has 130 valence electrons. The van der Waals surface area contributed by atoms with Gasteiger partial charge in [-0.05, 0) is 38.3 Å². The van der Waals surface area contributed by atoms with Crippen molar-refractivity contribution in [2.75, 3.05) is 26.2 Å². The monoisotopic (exact) mass is 330 g/mol. The number of rotatable bonds is 8. The van der Waals surface area contributed by atoms with Crippen LogP contribution in [0.2, 0.25) is 0 Å². The first-order chi connectivity index (χ1) is 11.7. The second-order valence-electron chi connectivity index (χ2n) is 5.70. The van der Waals surface area contributed by atoms with Crippen LogP contribution in [0.15, 0.2) is 29.3 Å². The van der Waals surface area contributed by atoms with E-state index in [0.29, 0.717) is 17.7 Å². The summed E-state index contributed by atoms with van der Waals surface area (Å²) in [4.78, 5) is 30.3. The second kappa shape index (κ2) is 9.05. The number of unbranched alkanes of at least 4 members (excludes halogenated alkanes) is 1. The van der Waals surface area contributed by atoms with Gasteiger partial charge >= 0.3 is 0 Å². The number of aliphatic imine (C=N–C) groups is 1. The molecule has 1 heterocycles. The number of amides is 2. The standard InChI is InChI=1S/C18H26N4O2/c1-3-11-20-18(19-4-2)21-12-7-8-13-22-16(23)14-9-5-6-10-15(14)17(22)24/h5-6,9-10H,3-4,7-8,11-13H2,1-2H3,(H2,19,20,21). The van der Waals surface area contributed by atoms with Crippen molar-refractivity contribution in [1.82, 2.24) is 15.5 Å². The molecule has 6 nitrogen and oxygen atoms in total. The summed E-state index contributed by atoms with van der Waals surface area (Å²) in [5, 5.41) is 6.47. The third-order valence-corrected chi connectivity index (χ3v) is 3.82. The Bertz CT molecular complexity index is 578. The number of hydrogen-bond donors (Lipinski definition) is 2. The molecule has 0 unspecified atom stereocenters. The van der Waals surface area contributed by atoms with Crippen molar-refractivity contribution in [3.63, 3.8) is 0 Å². The van der Waals surface area contributed by atoms with Crippen LogP contribution in [-0.2, 0) is 0 Å². The predicted octanol–water partition coefficient (Wildman–Crippen LogP) is 2.03. The highest BCUT2D eigenvalue weighted by molar-refractivity contribution is 6.21. The predicted molar refractivity (Wildman–Crippen MR) is 95.3 cm³/mol. The zero-order valence-electron chi connectivity index (χ0n) is 14.5. The SMILES string of the molecule is CCCN=C(NCC)NCCCCN1C(=O)c2ccccc2C1=O. The van der Waals surface area contributed by atoms with Crippen LogP contribution in [-0.4, -0.2) is 48.9 Å². The van der Waals surface area contributed by atoms with Gasteiger partial charge in [-0.2, -0.15) is 0 Å². The van der Waals surface area contributed by atoms with Gasteiger partial charge in [-0.15, -0.1) is 0 Å². The minimum atomic E-state index is -0.179. The van der Waals surface area contributed by atoms with Gasteiger partial charge in [-0.1, -0.05) is 19.1 Å². The number of nitrogens with one attached hydrogen (secondary N) is 2. The minimum absolute atomic E-state index is 0.179. The van der Waals surface area contributed by atoms with E-state index in [9.17, 15) is 9.59 Å². The highest BCUT2D eigenvalue weighted by Crippen LogP contribution is 2.22. The number of guanidine groups is 1. The maximum Gasteiger partial charge on any atom is 0.261 e. The van der Waals surface area contributed by atoms with Crippen LogP contribution in [0, 0.1) is 0 Å². The molecule has 0 aliphatic carbocycles. The molecule has 1 aromatic carbocycles. The fourth-order valence-corrected chi connectivity index (χ4v) is 2.61. The zero-order chi connectivity index (χ0) is 17.4. The Morgan fingerprint density at radius 2 is 1.71 bits per heavy atom. The lowest BCUT2D eigenvalue weighted by Crippen LogP contribution is -2.38. The fraction of sp³-hybridized carbons (Fsp3) is 0.500. The molecule has 0 saturated carbocycles. The van der Waals surface area contributed by atoms with Crippen molar-refractivity contribution in [2.45, 2.75) is 33.1 Å². The summed E-state index contributed by atoms with van der Waals surface area (Å²) in [7, 11) is 0. The van der Waals surface area contributed by atoms with E-state index in [-0.39, 0.29) is 11.8 Å². The van der Waals surface area contributed by atoms with Crippen molar-refractivity contribution >= 4 is 17.8 Å². The van der Waals surface area contributed by atoms with Crippen LogP contribution in [0.1, 0.15) is 53.8 Å². The van der Waals surface area contributed by atoms with Crippen LogP contribution in [0.5, 0.6) is 0 Å². The molecule has 2 N–H and O–H groups in total. The Kier molecular flexibility index (Phi) is 6.78. The molecular weight excluding hydrogens is 304 g/mol. The molecule has 0 aromatic heterocycles. The number of carbonyl (C=O) groups is 2. The van der Waals surface area contributed by atoms with Crippen LogP contribution in [0.3, 0.4) is 0 Å². The first kappa shape index (κ1) is 18.0. The number of fused-ring (bicyclic) bond motifs is 1. The zero-order valence-corrected chi connectivity index (χ0v) is 14.5. The Balaban J connectivity index is 1.75. The van der Waals surface area contributed by atoms with Gasteiger partial charge < -0.3 is 10.6 Å². The Hall–Kier alpha value is -2.37. The topological polar surface area (TPSA) is 73.8 Å². The van der Waals surface area contributed by atoms with Gasteiger partial charge in [0.05, 0.1) is 11.1 Å². The fourth-order valence-electron chi connectivity index (χ4n) is 2.61. The molecule has 1 aliphatic rings. The molecule has 0 bridgehead atoms. The van der Waals surface area contributed by atoms with Crippen LogP contribution in [0.25, 0.3) is 0 Å². The lowest BCUT2D eigenvalue weighted by atomic mass is 10.1. The average Bonchev–Trinajstić information content (AvgIpc) is 2.84. The van der Waals surface area contributed by atoms with E-state index in [1.807, 2.05) is 6.92 Å².